The summed E-state index contributed by atoms with van der Waals surface area (Å²) in [6.07, 6.45) is 4.71. The van der Waals surface area contributed by atoms with Crippen LogP contribution in [0.15, 0.2) is 48.9 Å². The highest BCUT2D eigenvalue weighted by molar-refractivity contribution is 6.06. The smallest absolute Gasteiger partial charge is 0.259 e. The molecule has 1 saturated heterocycles. The lowest BCUT2D eigenvalue weighted by molar-refractivity contribution is 0.102. The lowest BCUT2D eigenvalue weighted by atomic mass is 10.2. The fourth-order valence-corrected chi connectivity index (χ4v) is 3.07. The van der Waals surface area contributed by atoms with Crippen molar-refractivity contribution in [2.45, 2.75) is 6.92 Å². The van der Waals surface area contributed by atoms with E-state index in [1.807, 2.05) is 4.90 Å². The molecule has 2 N–H and O–H groups in total. The summed E-state index contributed by atoms with van der Waals surface area (Å²) >= 11 is 0. The van der Waals surface area contributed by atoms with E-state index >= 15 is 0 Å². The molecule has 154 valence electrons. The van der Waals surface area contributed by atoms with E-state index in [0.29, 0.717) is 47.5 Å². The van der Waals surface area contributed by atoms with Crippen LogP contribution in [0.2, 0.25) is 0 Å². The molecule has 3 heterocycles. The number of carbonyl (C=O) groups is 1. The van der Waals surface area contributed by atoms with Crippen LogP contribution in [-0.4, -0.2) is 47.2 Å². The Balaban J connectivity index is 1.50. The van der Waals surface area contributed by atoms with Gasteiger partial charge in [-0.1, -0.05) is 0 Å². The Bertz CT molecular complexity index is 1040. The van der Waals surface area contributed by atoms with Gasteiger partial charge in [0.25, 0.3) is 5.91 Å². The number of nitrogens with zero attached hydrogens (tertiary/aromatic N) is 4. The summed E-state index contributed by atoms with van der Waals surface area (Å²) in [5.41, 5.74) is 2.77. The number of nitrogens with one attached hydrogen (secondary N) is 2. The zero-order chi connectivity index (χ0) is 20.9. The minimum absolute atomic E-state index is 0.323. The fourth-order valence-electron chi connectivity index (χ4n) is 3.07. The van der Waals surface area contributed by atoms with Crippen LogP contribution in [0.3, 0.4) is 0 Å². The molecule has 8 nitrogen and oxygen atoms in total. The third-order valence-electron chi connectivity index (χ3n) is 4.70. The molecule has 0 unspecified atom stereocenters. The summed E-state index contributed by atoms with van der Waals surface area (Å²) in [5, 5.41) is 6.00. The largest absolute Gasteiger partial charge is 0.378 e. The van der Waals surface area contributed by atoms with Gasteiger partial charge in [-0.3, -0.25) is 9.78 Å². The average Bonchev–Trinajstić information content (AvgIpc) is 2.77. The summed E-state index contributed by atoms with van der Waals surface area (Å²) in [7, 11) is 0. The topological polar surface area (TPSA) is 92.3 Å². The van der Waals surface area contributed by atoms with Crippen molar-refractivity contribution in [2.75, 3.05) is 41.8 Å². The Kier molecular flexibility index (Phi) is 5.80. The van der Waals surface area contributed by atoms with E-state index < -0.39 is 0 Å². The number of pyridine rings is 1. The lowest BCUT2D eigenvalue weighted by Crippen LogP contribution is -2.37. The lowest BCUT2D eigenvalue weighted by Gasteiger charge is -2.27. The third kappa shape index (κ3) is 4.52. The number of aromatic nitrogens is 3. The molecule has 1 aliphatic heterocycles. The van der Waals surface area contributed by atoms with Crippen molar-refractivity contribution in [3.8, 4) is 0 Å². The molecule has 0 bridgehead atoms. The Morgan fingerprint density at radius 1 is 1.10 bits per heavy atom. The zero-order valence-electron chi connectivity index (χ0n) is 16.4. The molecule has 2 aromatic heterocycles. The molecular formula is C21H21FN6O2. The standard InChI is InChI=1S/C21H21FN6O2/c1-14-17(12-24-21(25-14)28-8-10-30-11-9-28)20(29)27-18-6-7-23-13-19(18)26-16-4-2-15(22)3-5-16/h2-7,12-13,26H,8-11H2,1H3,(H,23,27,29). The van der Waals surface area contributed by atoms with Gasteiger partial charge in [-0.25, -0.2) is 14.4 Å². The average molecular weight is 408 g/mol. The number of aryl methyl sites for hydroxylation is 1. The summed E-state index contributed by atoms with van der Waals surface area (Å²) < 4.78 is 18.5. The van der Waals surface area contributed by atoms with Gasteiger partial charge in [0.05, 0.1) is 42.0 Å². The first kappa shape index (κ1) is 19.7. The highest BCUT2D eigenvalue weighted by atomic mass is 19.1. The van der Waals surface area contributed by atoms with Crippen molar-refractivity contribution in [3.05, 3.63) is 66.0 Å². The number of carbonyl (C=O) groups excluding carboxylic acids is 1. The SMILES string of the molecule is Cc1nc(N2CCOCC2)ncc1C(=O)Nc1ccncc1Nc1ccc(F)cc1. The second-order valence-electron chi connectivity index (χ2n) is 6.78. The molecule has 3 aromatic rings. The monoisotopic (exact) mass is 408 g/mol. The van der Waals surface area contributed by atoms with Crippen molar-refractivity contribution in [1.29, 1.82) is 0 Å². The number of amides is 1. The van der Waals surface area contributed by atoms with Gasteiger partial charge in [-0.2, -0.15) is 0 Å². The predicted octanol–water partition coefficient (Wildman–Crippen LogP) is 3.15. The first-order chi connectivity index (χ1) is 14.6. The summed E-state index contributed by atoms with van der Waals surface area (Å²) in [5.74, 6) is -0.0550. The number of rotatable bonds is 5. The molecule has 1 aromatic carbocycles. The molecule has 1 aliphatic rings. The third-order valence-corrected chi connectivity index (χ3v) is 4.70. The number of hydrogen-bond acceptors (Lipinski definition) is 7. The number of anilines is 4. The number of ether oxygens (including phenoxy) is 1. The highest BCUT2D eigenvalue weighted by Gasteiger charge is 2.18. The number of hydrogen-bond donors (Lipinski definition) is 2. The van der Waals surface area contributed by atoms with Gasteiger partial charge >= 0.3 is 0 Å². The molecule has 9 heteroatoms. The predicted molar refractivity (Wildman–Crippen MR) is 112 cm³/mol. The van der Waals surface area contributed by atoms with E-state index in [4.69, 9.17) is 4.74 Å². The molecule has 0 saturated carbocycles. The van der Waals surface area contributed by atoms with E-state index in [9.17, 15) is 9.18 Å². The van der Waals surface area contributed by atoms with Crippen molar-refractivity contribution in [3.63, 3.8) is 0 Å². The van der Waals surface area contributed by atoms with E-state index in [1.54, 1.807) is 37.5 Å². The van der Waals surface area contributed by atoms with Gasteiger partial charge < -0.3 is 20.3 Å². The van der Waals surface area contributed by atoms with Crippen molar-refractivity contribution < 1.29 is 13.9 Å². The molecule has 0 spiro atoms. The number of morpholine rings is 1. The van der Waals surface area contributed by atoms with Gasteiger partial charge in [-0.15, -0.1) is 0 Å². The fraction of sp³-hybridized carbons (Fsp3) is 0.238. The number of halogens is 1. The van der Waals surface area contributed by atoms with Crippen LogP contribution < -0.4 is 15.5 Å². The molecule has 0 atom stereocenters. The van der Waals surface area contributed by atoms with Crippen molar-refractivity contribution >= 4 is 28.9 Å². The van der Waals surface area contributed by atoms with E-state index in [-0.39, 0.29) is 11.7 Å². The molecule has 1 amide bonds. The summed E-state index contributed by atoms with van der Waals surface area (Å²) in [4.78, 5) is 27.8. The Hall–Kier alpha value is -3.59. The normalized spacial score (nSPS) is 13.7. The van der Waals surface area contributed by atoms with Crippen LogP contribution in [0.1, 0.15) is 16.1 Å². The van der Waals surface area contributed by atoms with E-state index in [0.717, 1.165) is 13.1 Å². The Morgan fingerprint density at radius 2 is 1.87 bits per heavy atom. The van der Waals surface area contributed by atoms with Crippen molar-refractivity contribution in [2.24, 2.45) is 0 Å². The summed E-state index contributed by atoms with van der Waals surface area (Å²) in [6, 6.07) is 7.61. The minimum atomic E-state index is -0.325. The number of benzene rings is 1. The van der Waals surface area contributed by atoms with Crippen LogP contribution in [0, 0.1) is 12.7 Å². The van der Waals surface area contributed by atoms with Gasteiger partial charge in [0.2, 0.25) is 5.95 Å². The van der Waals surface area contributed by atoms with Gasteiger partial charge in [0.1, 0.15) is 5.82 Å². The molecule has 0 aliphatic carbocycles. The maximum absolute atomic E-state index is 13.1. The van der Waals surface area contributed by atoms with E-state index in [1.165, 1.54) is 18.3 Å². The van der Waals surface area contributed by atoms with Crippen LogP contribution in [0.5, 0.6) is 0 Å². The maximum atomic E-state index is 13.1. The Labute approximate surface area is 173 Å². The highest BCUT2D eigenvalue weighted by Crippen LogP contribution is 2.25. The van der Waals surface area contributed by atoms with Gasteiger partial charge in [-0.05, 0) is 37.3 Å². The quantitative estimate of drug-likeness (QED) is 0.670. The molecule has 1 fully saturated rings. The molecular weight excluding hydrogens is 387 g/mol. The van der Waals surface area contributed by atoms with Crippen LogP contribution >= 0.6 is 0 Å². The van der Waals surface area contributed by atoms with Crippen LogP contribution in [0.25, 0.3) is 0 Å². The van der Waals surface area contributed by atoms with Gasteiger partial charge in [0.15, 0.2) is 0 Å². The minimum Gasteiger partial charge on any atom is -0.378 e. The zero-order valence-corrected chi connectivity index (χ0v) is 16.4. The van der Waals surface area contributed by atoms with Crippen molar-refractivity contribution in [1.82, 2.24) is 15.0 Å². The maximum Gasteiger partial charge on any atom is 0.259 e. The molecule has 30 heavy (non-hydrogen) atoms. The van der Waals surface area contributed by atoms with Crippen LogP contribution in [0.4, 0.5) is 27.4 Å². The first-order valence-corrected chi connectivity index (χ1v) is 9.54. The Morgan fingerprint density at radius 3 is 2.60 bits per heavy atom. The van der Waals surface area contributed by atoms with Gasteiger partial charge in [0, 0.05) is 31.2 Å². The van der Waals surface area contributed by atoms with E-state index in [2.05, 4.69) is 25.6 Å². The van der Waals surface area contributed by atoms with Crippen LogP contribution in [-0.2, 0) is 4.74 Å². The second-order valence-corrected chi connectivity index (χ2v) is 6.78. The second kappa shape index (κ2) is 8.83. The first-order valence-electron chi connectivity index (χ1n) is 9.54. The molecule has 4 rings (SSSR count). The molecule has 0 radical (unpaired) electrons. The summed E-state index contributed by atoms with van der Waals surface area (Å²) in [6.45, 7) is 4.50.